The fourth-order valence-electron chi connectivity index (χ4n) is 2.11. The fraction of sp³-hybridized carbons (Fsp3) is 0.538. The van der Waals surface area contributed by atoms with Gasteiger partial charge in [0.05, 0.1) is 0 Å². The molecule has 1 aliphatic rings. The summed E-state index contributed by atoms with van der Waals surface area (Å²) in [6, 6.07) is 7.03. The van der Waals surface area contributed by atoms with Gasteiger partial charge in [0.2, 0.25) is 0 Å². The predicted molar refractivity (Wildman–Crippen MR) is 57.1 cm³/mol. The van der Waals surface area contributed by atoms with Gasteiger partial charge < -0.3 is 0 Å². The zero-order chi connectivity index (χ0) is 9.26. The van der Waals surface area contributed by atoms with Crippen molar-refractivity contribution < 1.29 is 0 Å². The molecule has 0 N–H and O–H groups in total. The van der Waals surface area contributed by atoms with Gasteiger partial charge in [0.25, 0.3) is 0 Å². The first-order chi connectivity index (χ1) is 6.31. The molecule has 1 saturated carbocycles. The lowest BCUT2D eigenvalue weighted by Gasteiger charge is -2.26. The van der Waals surface area contributed by atoms with E-state index in [-0.39, 0.29) is 0 Å². The summed E-state index contributed by atoms with van der Waals surface area (Å²) in [6.45, 7) is 4.46. The number of aryl methyl sites for hydroxylation is 2. The first-order valence-electron chi connectivity index (χ1n) is 5.40. The molecule has 13 heavy (non-hydrogen) atoms. The van der Waals surface area contributed by atoms with Gasteiger partial charge in [-0.25, -0.2) is 0 Å². The Morgan fingerprint density at radius 2 is 2.08 bits per heavy atom. The van der Waals surface area contributed by atoms with Gasteiger partial charge in [-0.15, -0.1) is 0 Å². The number of hydrogen-bond acceptors (Lipinski definition) is 0. The molecule has 0 spiro atoms. The van der Waals surface area contributed by atoms with Crippen molar-refractivity contribution in [2.24, 2.45) is 0 Å². The summed E-state index contributed by atoms with van der Waals surface area (Å²) in [5.41, 5.74) is 4.55. The molecule has 0 saturated heterocycles. The minimum absolute atomic E-state index is 0.879. The van der Waals surface area contributed by atoms with Gasteiger partial charge in [0, 0.05) is 0 Å². The number of rotatable bonds is 2. The second-order valence-electron chi connectivity index (χ2n) is 4.17. The third-order valence-electron chi connectivity index (χ3n) is 3.32. The summed E-state index contributed by atoms with van der Waals surface area (Å²) in [6.07, 6.45) is 5.41. The van der Waals surface area contributed by atoms with Crippen molar-refractivity contribution in [3.05, 3.63) is 34.9 Å². The molecule has 1 aromatic rings. The first kappa shape index (κ1) is 8.80. The molecule has 1 aromatic carbocycles. The molecule has 0 amide bonds. The van der Waals surface area contributed by atoms with E-state index in [1.165, 1.54) is 30.4 Å². The van der Waals surface area contributed by atoms with Crippen molar-refractivity contribution in [2.45, 2.75) is 45.4 Å². The maximum Gasteiger partial charge on any atom is -0.0162 e. The predicted octanol–water partition coefficient (Wildman–Crippen LogP) is 3.82. The summed E-state index contributed by atoms with van der Waals surface area (Å²) in [7, 11) is 0. The maximum absolute atomic E-state index is 2.39. The molecule has 70 valence electrons. The highest BCUT2D eigenvalue weighted by Gasteiger charge is 2.19. The molecule has 0 aromatic heterocycles. The maximum atomic E-state index is 2.39. The Balaban J connectivity index is 2.24. The summed E-state index contributed by atoms with van der Waals surface area (Å²) in [4.78, 5) is 0. The minimum atomic E-state index is 0.879. The molecular weight excluding hydrogens is 156 g/mol. The molecule has 1 aliphatic carbocycles. The van der Waals surface area contributed by atoms with Crippen LogP contribution in [-0.4, -0.2) is 0 Å². The van der Waals surface area contributed by atoms with E-state index in [0.717, 1.165) is 12.3 Å². The van der Waals surface area contributed by atoms with Gasteiger partial charge in [0.15, 0.2) is 0 Å². The van der Waals surface area contributed by atoms with Crippen LogP contribution in [0, 0.1) is 6.92 Å². The van der Waals surface area contributed by atoms with E-state index in [1.807, 2.05) is 0 Å². The molecule has 0 aliphatic heterocycles. The zero-order valence-electron chi connectivity index (χ0n) is 8.64. The molecule has 0 bridgehead atoms. The quantitative estimate of drug-likeness (QED) is 0.639. The lowest BCUT2D eigenvalue weighted by molar-refractivity contribution is 0.419. The van der Waals surface area contributed by atoms with Crippen LogP contribution in [0.25, 0.3) is 0 Å². The Bertz CT molecular complexity index is 295. The van der Waals surface area contributed by atoms with Gasteiger partial charge in [-0.2, -0.15) is 0 Å². The van der Waals surface area contributed by atoms with Crippen LogP contribution >= 0.6 is 0 Å². The summed E-state index contributed by atoms with van der Waals surface area (Å²) in [5.74, 6) is 0.879. The largest absolute Gasteiger partial charge is 0.0613 e. The highest BCUT2D eigenvalue weighted by atomic mass is 14.2. The minimum Gasteiger partial charge on any atom is -0.0613 e. The van der Waals surface area contributed by atoms with Crippen molar-refractivity contribution in [1.29, 1.82) is 0 Å². The Labute approximate surface area is 81.0 Å². The summed E-state index contributed by atoms with van der Waals surface area (Å²) in [5, 5.41) is 0. The van der Waals surface area contributed by atoms with Gasteiger partial charge in [0.1, 0.15) is 0 Å². The topological polar surface area (TPSA) is 0 Å². The average molecular weight is 174 g/mol. The smallest absolute Gasteiger partial charge is 0.0162 e. The number of benzene rings is 1. The SMILES string of the molecule is CCc1ccc(C2CCC2)cc1C. The second-order valence-corrected chi connectivity index (χ2v) is 4.17. The Kier molecular flexibility index (Phi) is 2.39. The van der Waals surface area contributed by atoms with Crippen molar-refractivity contribution in [3.8, 4) is 0 Å². The zero-order valence-corrected chi connectivity index (χ0v) is 8.64. The summed E-state index contributed by atoms with van der Waals surface area (Å²) >= 11 is 0. The van der Waals surface area contributed by atoms with Crippen LogP contribution in [0.2, 0.25) is 0 Å². The first-order valence-corrected chi connectivity index (χ1v) is 5.40. The van der Waals surface area contributed by atoms with Gasteiger partial charge >= 0.3 is 0 Å². The lowest BCUT2D eigenvalue weighted by Crippen LogP contribution is -2.08. The molecule has 1 fully saturated rings. The normalized spacial score (nSPS) is 17.1. The number of hydrogen-bond donors (Lipinski definition) is 0. The summed E-state index contributed by atoms with van der Waals surface area (Å²) < 4.78 is 0. The van der Waals surface area contributed by atoms with Crippen molar-refractivity contribution >= 4 is 0 Å². The monoisotopic (exact) mass is 174 g/mol. The van der Waals surface area contributed by atoms with Crippen LogP contribution in [0.3, 0.4) is 0 Å². The molecule has 0 heterocycles. The van der Waals surface area contributed by atoms with Crippen molar-refractivity contribution in [1.82, 2.24) is 0 Å². The third-order valence-corrected chi connectivity index (χ3v) is 3.32. The third kappa shape index (κ3) is 1.63. The molecule has 0 nitrogen and oxygen atoms in total. The van der Waals surface area contributed by atoms with Crippen LogP contribution in [0.15, 0.2) is 18.2 Å². The van der Waals surface area contributed by atoms with Crippen molar-refractivity contribution in [3.63, 3.8) is 0 Å². The van der Waals surface area contributed by atoms with E-state index in [4.69, 9.17) is 0 Å². The van der Waals surface area contributed by atoms with Gasteiger partial charge in [-0.3, -0.25) is 0 Å². The van der Waals surface area contributed by atoms with Crippen LogP contribution < -0.4 is 0 Å². The van der Waals surface area contributed by atoms with E-state index in [1.54, 1.807) is 5.56 Å². The van der Waals surface area contributed by atoms with E-state index in [0.29, 0.717) is 0 Å². The Morgan fingerprint density at radius 3 is 2.54 bits per heavy atom. The van der Waals surface area contributed by atoms with E-state index in [2.05, 4.69) is 32.0 Å². The average Bonchev–Trinajstić information content (AvgIpc) is 2.01. The lowest BCUT2D eigenvalue weighted by atomic mass is 9.79. The Morgan fingerprint density at radius 1 is 1.31 bits per heavy atom. The standard InChI is InChI=1S/C13H18/c1-3-11-7-8-13(9-10(11)2)12-5-4-6-12/h7-9,12H,3-6H2,1-2H3. The molecule has 0 atom stereocenters. The van der Waals surface area contributed by atoms with E-state index in [9.17, 15) is 0 Å². The second kappa shape index (κ2) is 3.53. The molecular formula is C13H18. The molecule has 2 rings (SSSR count). The van der Waals surface area contributed by atoms with Gasteiger partial charge in [-0.1, -0.05) is 31.5 Å². The van der Waals surface area contributed by atoms with Crippen LogP contribution in [-0.2, 0) is 6.42 Å². The molecule has 0 unspecified atom stereocenters. The highest BCUT2D eigenvalue weighted by Crippen LogP contribution is 2.36. The van der Waals surface area contributed by atoms with Gasteiger partial charge in [-0.05, 0) is 48.8 Å². The fourth-order valence-corrected chi connectivity index (χ4v) is 2.11. The molecule has 0 radical (unpaired) electrons. The highest BCUT2D eigenvalue weighted by molar-refractivity contribution is 5.33. The Hall–Kier alpha value is -0.780. The van der Waals surface area contributed by atoms with Crippen LogP contribution in [0.5, 0.6) is 0 Å². The van der Waals surface area contributed by atoms with Crippen LogP contribution in [0.1, 0.15) is 48.8 Å². The van der Waals surface area contributed by atoms with Crippen molar-refractivity contribution in [2.75, 3.05) is 0 Å². The van der Waals surface area contributed by atoms with E-state index >= 15 is 0 Å². The molecule has 0 heteroatoms. The van der Waals surface area contributed by atoms with Crippen LogP contribution in [0.4, 0.5) is 0 Å². The van der Waals surface area contributed by atoms with E-state index < -0.39 is 0 Å².